The van der Waals surface area contributed by atoms with E-state index in [9.17, 15) is 4.79 Å². The lowest BCUT2D eigenvalue weighted by molar-refractivity contribution is -0.122. The normalized spacial score (nSPS) is 14.0. The Labute approximate surface area is 136 Å². The molecule has 0 saturated heterocycles. The van der Waals surface area contributed by atoms with E-state index in [0.717, 1.165) is 42.0 Å². The Morgan fingerprint density at radius 2 is 2.09 bits per heavy atom. The highest BCUT2D eigenvalue weighted by atomic mass is 16.5. The van der Waals surface area contributed by atoms with E-state index < -0.39 is 0 Å². The molecule has 1 aliphatic carbocycles. The van der Waals surface area contributed by atoms with E-state index in [1.807, 2.05) is 31.2 Å². The zero-order valence-corrected chi connectivity index (χ0v) is 13.4. The molecule has 1 aromatic heterocycles. The van der Waals surface area contributed by atoms with Crippen LogP contribution in [0.1, 0.15) is 24.8 Å². The minimum atomic E-state index is 0.0739. The highest BCUT2D eigenvalue weighted by Crippen LogP contribution is 2.29. The number of hydrogen-bond donors (Lipinski definition) is 2. The van der Waals surface area contributed by atoms with Gasteiger partial charge < -0.3 is 15.4 Å². The van der Waals surface area contributed by atoms with Gasteiger partial charge in [0.2, 0.25) is 5.91 Å². The number of pyridine rings is 1. The number of hydrogen-bond acceptors (Lipinski definition) is 4. The fourth-order valence-corrected chi connectivity index (χ4v) is 2.52. The Balaban J connectivity index is 1.67. The maximum atomic E-state index is 11.9. The summed E-state index contributed by atoms with van der Waals surface area (Å²) < 4.78 is 5.35. The van der Waals surface area contributed by atoms with Gasteiger partial charge in [-0.3, -0.25) is 4.79 Å². The second kappa shape index (κ2) is 6.69. The van der Waals surface area contributed by atoms with Crippen LogP contribution in [0.2, 0.25) is 0 Å². The molecule has 120 valence electrons. The first-order valence-electron chi connectivity index (χ1n) is 7.84. The summed E-state index contributed by atoms with van der Waals surface area (Å²) in [4.78, 5) is 16.2. The Morgan fingerprint density at radius 3 is 2.70 bits per heavy atom. The van der Waals surface area contributed by atoms with E-state index in [0.29, 0.717) is 5.82 Å². The lowest BCUT2D eigenvalue weighted by Crippen LogP contribution is -2.28. The number of aryl methyl sites for hydroxylation is 1. The summed E-state index contributed by atoms with van der Waals surface area (Å²) in [6.07, 6.45) is 4.82. The number of nitrogens with one attached hydrogen (secondary N) is 2. The van der Waals surface area contributed by atoms with Crippen molar-refractivity contribution in [3.63, 3.8) is 0 Å². The number of aromatic nitrogens is 1. The zero-order chi connectivity index (χ0) is 16.2. The monoisotopic (exact) mass is 311 g/mol. The standard InChI is InChI=1S/C18H21N3O2/c1-12-6-8-16(23-2)15(10-12)20-14-7-9-17(19-11-14)21-18(22)13-4-3-5-13/h6-11,13,20H,3-5H2,1-2H3,(H,19,21,22). The fraction of sp³-hybridized carbons (Fsp3) is 0.333. The Hall–Kier alpha value is -2.56. The average molecular weight is 311 g/mol. The molecule has 0 aliphatic heterocycles. The molecular weight excluding hydrogens is 290 g/mol. The first kappa shape index (κ1) is 15.3. The SMILES string of the molecule is COc1ccc(C)cc1Nc1ccc(NC(=O)C2CCC2)nc1. The molecule has 3 rings (SSSR count). The lowest BCUT2D eigenvalue weighted by atomic mass is 9.85. The molecule has 0 atom stereocenters. The van der Waals surface area contributed by atoms with Crippen LogP contribution in [-0.4, -0.2) is 18.0 Å². The summed E-state index contributed by atoms with van der Waals surface area (Å²) in [5, 5.41) is 6.15. The molecule has 0 unspecified atom stereocenters. The van der Waals surface area contributed by atoms with Crippen molar-refractivity contribution in [3.05, 3.63) is 42.1 Å². The number of benzene rings is 1. The molecule has 23 heavy (non-hydrogen) atoms. The Bertz CT molecular complexity index is 694. The van der Waals surface area contributed by atoms with Crippen molar-refractivity contribution < 1.29 is 9.53 Å². The average Bonchev–Trinajstić information content (AvgIpc) is 2.48. The van der Waals surface area contributed by atoms with Gasteiger partial charge in [-0.05, 0) is 49.6 Å². The Morgan fingerprint density at radius 1 is 1.26 bits per heavy atom. The van der Waals surface area contributed by atoms with Gasteiger partial charge in [0.25, 0.3) is 0 Å². The van der Waals surface area contributed by atoms with E-state index in [1.54, 1.807) is 19.4 Å². The predicted octanol–water partition coefficient (Wildman–Crippen LogP) is 3.88. The summed E-state index contributed by atoms with van der Waals surface area (Å²) in [6.45, 7) is 2.03. The van der Waals surface area contributed by atoms with Crippen molar-refractivity contribution in [2.75, 3.05) is 17.7 Å². The van der Waals surface area contributed by atoms with Crippen molar-refractivity contribution in [1.82, 2.24) is 4.98 Å². The summed E-state index contributed by atoms with van der Waals surface area (Å²) in [5.74, 6) is 1.59. The van der Waals surface area contributed by atoms with Crippen molar-refractivity contribution in [2.45, 2.75) is 26.2 Å². The van der Waals surface area contributed by atoms with E-state index >= 15 is 0 Å². The summed E-state index contributed by atoms with van der Waals surface area (Å²) in [5.41, 5.74) is 2.88. The smallest absolute Gasteiger partial charge is 0.228 e. The topological polar surface area (TPSA) is 63.2 Å². The lowest BCUT2D eigenvalue weighted by Gasteiger charge is -2.23. The molecule has 0 spiro atoms. The first-order chi connectivity index (χ1) is 11.2. The largest absolute Gasteiger partial charge is 0.495 e. The van der Waals surface area contributed by atoms with E-state index in [-0.39, 0.29) is 11.8 Å². The van der Waals surface area contributed by atoms with E-state index in [2.05, 4.69) is 15.6 Å². The van der Waals surface area contributed by atoms with E-state index in [4.69, 9.17) is 4.74 Å². The number of anilines is 3. The molecule has 2 aromatic rings. The minimum absolute atomic E-state index is 0.0739. The van der Waals surface area contributed by atoms with Gasteiger partial charge >= 0.3 is 0 Å². The second-order valence-electron chi connectivity index (χ2n) is 5.88. The van der Waals surface area contributed by atoms with Crippen LogP contribution in [-0.2, 0) is 4.79 Å². The summed E-state index contributed by atoms with van der Waals surface area (Å²) in [7, 11) is 1.65. The van der Waals surface area contributed by atoms with Crippen LogP contribution in [0.3, 0.4) is 0 Å². The third-order valence-corrected chi connectivity index (χ3v) is 4.12. The van der Waals surface area contributed by atoms with Gasteiger partial charge in [-0.25, -0.2) is 4.98 Å². The third-order valence-electron chi connectivity index (χ3n) is 4.12. The molecule has 5 nitrogen and oxygen atoms in total. The zero-order valence-electron chi connectivity index (χ0n) is 13.4. The van der Waals surface area contributed by atoms with Gasteiger partial charge in [-0.1, -0.05) is 12.5 Å². The molecular formula is C18H21N3O2. The molecule has 1 saturated carbocycles. The number of carbonyl (C=O) groups is 1. The number of carbonyl (C=O) groups excluding carboxylic acids is 1. The van der Waals surface area contributed by atoms with Crippen LogP contribution in [0.4, 0.5) is 17.2 Å². The number of rotatable bonds is 5. The Kier molecular flexibility index (Phi) is 4.46. The van der Waals surface area contributed by atoms with Gasteiger partial charge in [0.1, 0.15) is 11.6 Å². The van der Waals surface area contributed by atoms with Gasteiger partial charge in [-0.15, -0.1) is 0 Å². The highest BCUT2D eigenvalue weighted by Gasteiger charge is 2.25. The minimum Gasteiger partial charge on any atom is -0.495 e. The number of ether oxygens (including phenoxy) is 1. The first-order valence-corrected chi connectivity index (χ1v) is 7.84. The number of amides is 1. The molecule has 5 heteroatoms. The van der Waals surface area contributed by atoms with Crippen LogP contribution in [0.25, 0.3) is 0 Å². The molecule has 1 aliphatic rings. The van der Waals surface area contributed by atoms with Crippen LogP contribution in [0.5, 0.6) is 5.75 Å². The van der Waals surface area contributed by atoms with Gasteiger partial charge in [0.15, 0.2) is 0 Å². The van der Waals surface area contributed by atoms with Crippen LogP contribution >= 0.6 is 0 Å². The van der Waals surface area contributed by atoms with Crippen LogP contribution in [0.15, 0.2) is 36.5 Å². The number of nitrogens with zero attached hydrogens (tertiary/aromatic N) is 1. The molecule has 1 amide bonds. The second-order valence-corrected chi connectivity index (χ2v) is 5.88. The van der Waals surface area contributed by atoms with Crippen molar-refractivity contribution >= 4 is 23.1 Å². The highest BCUT2D eigenvalue weighted by molar-refractivity contribution is 5.92. The van der Waals surface area contributed by atoms with Crippen LogP contribution < -0.4 is 15.4 Å². The molecule has 0 bridgehead atoms. The van der Waals surface area contributed by atoms with Crippen molar-refractivity contribution in [2.24, 2.45) is 5.92 Å². The van der Waals surface area contributed by atoms with Crippen molar-refractivity contribution in [3.8, 4) is 5.75 Å². The summed E-state index contributed by atoms with van der Waals surface area (Å²) >= 11 is 0. The molecule has 1 fully saturated rings. The van der Waals surface area contributed by atoms with E-state index in [1.165, 1.54) is 0 Å². The van der Waals surface area contributed by atoms with Gasteiger partial charge in [0.05, 0.1) is 24.7 Å². The van der Waals surface area contributed by atoms with Crippen LogP contribution in [0, 0.1) is 12.8 Å². The maximum absolute atomic E-state index is 11.9. The molecule has 0 radical (unpaired) electrons. The van der Waals surface area contributed by atoms with Gasteiger partial charge in [0, 0.05) is 5.92 Å². The van der Waals surface area contributed by atoms with Gasteiger partial charge in [-0.2, -0.15) is 0 Å². The fourth-order valence-electron chi connectivity index (χ4n) is 2.52. The predicted molar refractivity (Wildman–Crippen MR) is 91.2 cm³/mol. The number of methoxy groups -OCH3 is 1. The molecule has 2 N–H and O–H groups in total. The van der Waals surface area contributed by atoms with Crippen molar-refractivity contribution in [1.29, 1.82) is 0 Å². The summed E-state index contributed by atoms with van der Waals surface area (Å²) in [6, 6.07) is 9.65. The maximum Gasteiger partial charge on any atom is 0.228 e. The third kappa shape index (κ3) is 3.62. The molecule has 1 aromatic carbocycles. The molecule has 1 heterocycles. The quantitative estimate of drug-likeness (QED) is 0.879.